The number of likely N-dealkylation sites (N-methyl/N-ethyl adjacent to an activating group) is 1. The van der Waals surface area contributed by atoms with E-state index >= 15 is 0 Å². The van der Waals surface area contributed by atoms with Crippen molar-refractivity contribution in [2.45, 2.75) is 23.9 Å². The minimum absolute atomic E-state index is 0.0668. The molecule has 1 aromatic carbocycles. The van der Waals surface area contributed by atoms with Crippen molar-refractivity contribution >= 4 is 27.5 Å². The Kier molecular flexibility index (Phi) is 7.12. The minimum atomic E-state index is -4.77. The number of amides is 1. The Labute approximate surface area is 161 Å². The minimum Gasteiger partial charge on any atom is -0.341 e. The molecule has 0 atom stereocenters. The smallest absolute Gasteiger partial charge is 0.341 e. The number of rotatable bonds is 5. The highest BCUT2D eigenvalue weighted by molar-refractivity contribution is 7.89. The summed E-state index contributed by atoms with van der Waals surface area (Å²) < 4.78 is 65.3. The molecule has 1 heterocycles. The molecule has 27 heavy (non-hydrogen) atoms. The summed E-state index contributed by atoms with van der Waals surface area (Å²) in [5.41, 5.74) is -1.23. The molecule has 0 aliphatic carbocycles. The lowest BCUT2D eigenvalue weighted by molar-refractivity contribution is -0.137. The number of hydrogen-bond acceptors (Lipinski definition) is 4. The van der Waals surface area contributed by atoms with E-state index < -0.39 is 31.7 Å². The molecular weight excluding hydrogens is 407 g/mol. The highest BCUT2D eigenvalue weighted by atomic mass is 35.5. The lowest BCUT2D eigenvalue weighted by Crippen LogP contribution is -2.36. The van der Waals surface area contributed by atoms with Gasteiger partial charge in [-0.3, -0.25) is 4.79 Å². The van der Waals surface area contributed by atoms with E-state index in [1.807, 2.05) is 7.05 Å². The Morgan fingerprint density at radius 2 is 1.93 bits per heavy atom. The number of nitrogens with zero attached hydrogens (tertiary/aromatic N) is 2. The van der Waals surface area contributed by atoms with Crippen molar-refractivity contribution in [3.8, 4) is 0 Å². The fourth-order valence-corrected chi connectivity index (χ4v) is 4.00. The lowest BCUT2D eigenvalue weighted by Gasteiger charge is -2.20. The van der Waals surface area contributed by atoms with Crippen LogP contribution in [0.25, 0.3) is 0 Å². The maximum atomic E-state index is 12.9. The summed E-state index contributed by atoms with van der Waals surface area (Å²) in [6.45, 7) is 2.59. The number of carbonyl (C=O) groups is 1. The van der Waals surface area contributed by atoms with Crippen LogP contribution >= 0.6 is 11.6 Å². The SMILES string of the molecule is CN1CCCN(C(=O)CCNS(=O)(=O)c2ccc(Cl)c(C(F)(F)F)c2)CC1. The molecule has 1 N–H and O–H groups in total. The van der Waals surface area contributed by atoms with E-state index in [9.17, 15) is 26.4 Å². The summed E-state index contributed by atoms with van der Waals surface area (Å²) in [6.07, 6.45) is -4.00. The molecule has 6 nitrogen and oxygen atoms in total. The first-order valence-corrected chi connectivity index (χ1v) is 10.2. The van der Waals surface area contributed by atoms with Crippen molar-refractivity contribution < 1.29 is 26.4 Å². The third-order valence-corrected chi connectivity index (χ3v) is 6.04. The van der Waals surface area contributed by atoms with Gasteiger partial charge in [-0.25, -0.2) is 13.1 Å². The van der Waals surface area contributed by atoms with Gasteiger partial charge in [0.1, 0.15) is 0 Å². The van der Waals surface area contributed by atoms with Gasteiger partial charge in [0.2, 0.25) is 15.9 Å². The van der Waals surface area contributed by atoms with Gasteiger partial charge in [-0.2, -0.15) is 13.2 Å². The summed E-state index contributed by atoms with van der Waals surface area (Å²) >= 11 is 5.50. The van der Waals surface area contributed by atoms with Crippen molar-refractivity contribution in [3.05, 3.63) is 28.8 Å². The van der Waals surface area contributed by atoms with Crippen molar-refractivity contribution in [1.82, 2.24) is 14.5 Å². The van der Waals surface area contributed by atoms with Crippen LogP contribution in [0.3, 0.4) is 0 Å². The predicted octanol–water partition coefficient (Wildman–Crippen LogP) is 2.19. The van der Waals surface area contributed by atoms with E-state index in [1.54, 1.807) is 4.90 Å². The third kappa shape index (κ3) is 6.06. The normalized spacial score (nSPS) is 17.0. The molecule has 0 bridgehead atoms. The Morgan fingerprint density at radius 3 is 2.59 bits per heavy atom. The van der Waals surface area contributed by atoms with Crippen LogP contribution in [0.2, 0.25) is 5.02 Å². The van der Waals surface area contributed by atoms with Crippen LogP contribution in [0, 0.1) is 0 Å². The molecule has 152 valence electrons. The summed E-state index contributed by atoms with van der Waals surface area (Å²) in [5.74, 6) is -0.194. The number of carbonyl (C=O) groups excluding carboxylic acids is 1. The summed E-state index contributed by atoms with van der Waals surface area (Å²) in [6, 6.07) is 2.36. The van der Waals surface area contributed by atoms with E-state index in [0.717, 1.165) is 31.6 Å². The van der Waals surface area contributed by atoms with Gasteiger partial charge in [0.25, 0.3) is 0 Å². The van der Waals surface area contributed by atoms with Crippen LogP contribution in [0.5, 0.6) is 0 Å². The van der Waals surface area contributed by atoms with E-state index in [4.69, 9.17) is 11.6 Å². The van der Waals surface area contributed by atoms with E-state index in [0.29, 0.717) is 19.2 Å². The van der Waals surface area contributed by atoms with Crippen LogP contribution in [-0.2, 0) is 21.0 Å². The first-order valence-electron chi connectivity index (χ1n) is 8.33. The number of nitrogens with one attached hydrogen (secondary N) is 1. The fourth-order valence-electron chi connectivity index (χ4n) is 2.72. The average molecular weight is 428 g/mol. The zero-order valence-corrected chi connectivity index (χ0v) is 16.3. The molecule has 0 radical (unpaired) electrons. The van der Waals surface area contributed by atoms with Gasteiger partial charge in [-0.05, 0) is 38.2 Å². The summed E-state index contributed by atoms with van der Waals surface area (Å²) in [7, 11) is -2.23. The molecule has 2 rings (SSSR count). The lowest BCUT2D eigenvalue weighted by atomic mass is 10.2. The van der Waals surface area contributed by atoms with Crippen molar-refractivity contribution in [1.29, 1.82) is 0 Å². The zero-order chi connectivity index (χ0) is 20.2. The topological polar surface area (TPSA) is 69.7 Å². The summed E-state index contributed by atoms with van der Waals surface area (Å²) in [5, 5.41) is -0.581. The van der Waals surface area contributed by atoms with Gasteiger partial charge in [-0.1, -0.05) is 11.6 Å². The van der Waals surface area contributed by atoms with Gasteiger partial charge < -0.3 is 9.80 Å². The maximum absolute atomic E-state index is 12.9. The Balaban J connectivity index is 1.98. The zero-order valence-electron chi connectivity index (χ0n) is 14.7. The molecule has 1 aliphatic heterocycles. The molecule has 1 aliphatic rings. The molecule has 1 fully saturated rings. The van der Waals surface area contributed by atoms with Crippen LogP contribution in [-0.4, -0.2) is 63.9 Å². The molecule has 0 aromatic heterocycles. The predicted molar refractivity (Wildman–Crippen MR) is 95.0 cm³/mol. The summed E-state index contributed by atoms with van der Waals surface area (Å²) in [4.78, 5) is 15.4. The number of benzene rings is 1. The Bertz CT molecular complexity index is 787. The van der Waals surface area contributed by atoms with Gasteiger partial charge in [0.05, 0.1) is 15.5 Å². The van der Waals surface area contributed by atoms with Crippen molar-refractivity contribution in [3.63, 3.8) is 0 Å². The van der Waals surface area contributed by atoms with Crippen LogP contribution < -0.4 is 4.72 Å². The van der Waals surface area contributed by atoms with E-state index in [-0.39, 0.29) is 18.9 Å². The molecule has 0 saturated carbocycles. The second-order valence-electron chi connectivity index (χ2n) is 6.32. The highest BCUT2D eigenvalue weighted by Gasteiger charge is 2.34. The molecular formula is C16H21ClF3N3O3S. The fraction of sp³-hybridized carbons (Fsp3) is 0.562. The van der Waals surface area contributed by atoms with Crippen LogP contribution in [0.1, 0.15) is 18.4 Å². The van der Waals surface area contributed by atoms with Crippen LogP contribution in [0.4, 0.5) is 13.2 Å². The Hall–Kier alpha value is -1.36. The van der Waals surface area contributed by atoms with Gasteiger partial charge in [-0.15, -0.1) is 0 Å². The highest BCUT2D eigenvalue weighted by Crippen LogP contribution is 2.35. The number of alkyl halides is 3. The van der Waals surface area contributed by atoms with Gasteiger partial charge in [0, 0.05) is 32.6 Å². The molecule has 1 amide bonds. The molecule has 1 saturated heterocycles. The average Bonchev–Trinajstić information content (AvgIpc) is 2.78. The Morgan fingerprint density at radius 1 is 1.22 bits per heavy atom. The molecule has 0 unspecified atom stereocenters. The van der Waals surface area contributed by atoms with Crippen molar-refractivity contribution in [2.24, 2.45) is 0 Å². The third-order valence-electron chi connectivity index (χ3n) is 4.26. The van der Waals surface area contributed by atoms with Gasteiger partial charge >= 0.3 is 6.18 Å². The molecule has 1 aromatic rings. The van der Waals surface area contributed by atoms with Gasteiger partial charge in [0.15, 0.2) is 0 Å². The van der Waals surface area contributed by atoms with E-state index in [2.05, 4.69) is 9.62 Å². The second-order valence-corrected chi connectivity index (χ2v) is 8.50. The standard InChI is InChI=1S/C16H21ClF3N3O3S/c1-22-7-2-8-23(10-9-22)15(24)5-6-21-27(25,26)12-3-4-14(17)13(11-12)16(18,19)20/h3-4,11,21H,2,5-10H2,1H3. The number of halogens is 4. The van der Waals surface area contributed by atoms with Crippen molar-refractivity contribution in [2.75, 3.05) is 39.8 Å². The first kappa shape index (κ1) is 21.9. The maximum Gasteiger partial charge on any atom is 0.417 e. The monoisotopic (exact) mass is 427 g/mol. The molecule has 0 spiro atoms. The number of sulfonamides is 1. The van der Waals surface area contributed by atoms with E-state index in [1.165, 1.54) is 0 Å². The first-order chi connectivity index (χ1) is 12.5. The van der Waals surface area contributed by atoms with Crippen LogP contribution in [0.15, 0.2) is 23.1 Å². The largest absolute Gasteiger partial charge is 0.417 e. The quantitative estimate of drug-likeness (QED) is 0.782. The molecule has 11 heteroatoms. The second kappa shape index (κ2) is 8.76. The number of hydrogen-bond donors (Lipinski definition) is 1.